The molecule has 0 saturated carbocycles. The molecular weight excluding hydrogens is 1520 g/mol. The SMILES string of the molecule is [2H]c1c(-c2ccc(-c3ccccc3)cc2)c([2H])c2nc(C)nc(-c3ccccc3)c2c1[2H].[2H]c1c(-c2ccc3ccccc3c2)c([2H])c2nc(C)nc(-c3ccccc3)c2c1[2H].[2H]c1c(-c2ccccc2)c([2H])c2nc(C)nc(-c3ccccc3)c2c1[2H].[2H]c1cc(-c2ccccc2)c2nc(C)nc(-c3ccccc3)c2c1.[2H]c1ccc(-c2ccccc2)c2nc(C)nc(-c3ccccc3)c12. The molecule has 125 heavy (non-hydrogen) atoms. The second kappa shape index (κ2) is 37.1. The van der Waals surface area contributed by atoms with Crippen LogP contribution >= 0.6 is 0 Å². The molecule has 0 atom stereocenters. The van der Waals surface area contributed by atoms with E-state index in [1.54, 1.807) is 20.8 Å². The quantitative estimate of drug-likeness (QED) is 0.123. The van der Waals surface area contributed by atoms with E-state index in [4.69, 9.17) is 15.1 Å². The molecule has 0 saturated heterocycles. The fraction of sp³-hybridized carbons (Fsp3) is 0.0435. The van der Waals surface area contributed by atoms with E-state index in [-0.39, 0.29) is 54.4 Å². The maximum absolute atomic E-state index is 8.89. The fourth-order valence-corrected chi connectivity index (χ4v) is 15.1. The van der Waals surface area contributed by atoms with E-state index in [0.717, 1.165) is 128 Å². The molecule has 22 aromatic rings. The van der Waals surface area contributed by atoms with Gasteiger partial charge in [0.1, 0.15) is 29.1 Å². The first-order valence-corrected chi connectivity index (χ1v) is 41.1. The molecule has 0 aliphatic rings. The summed E-state index contributed by atoms with van der Waals surface area (Å²) in [6.45, 7) is 9.18. The predicted octanol–water partition coefficient (Wildman–Crippen LogP) is 29.2. The van der Waals surface area contributed by atoms with Crippen LogP contribution in [0, 0.1) is 34.6 Å². The highest BCUT2D eigenvalue weighted by atomic mass is 14.9. The van der Waals surface area contributed by atoms with Crippen LogP contribution < -0.4 is 0 Å². The Labute approximate surface area is 743 Å². The van der Waals surface area contributed by atoms with Crippen molar-refractivity contribution < 1.29 is 15.1 Å². The monoisotopic (exact) mass is 1620 g/mol. The predicted molar refractivity (Wildman–Crippen MR) is 519 cm³/mol. The second-order valence-electron chi connectivity index (χ2n) is 29.7. The van der Waals surface area contributed by atoms with Crippen molar-refractivity contribution in [3.05, 3.63) is 460 Å². The summed E-state index contributed by atoms with van der Waals surface area (Å²) in [5.41, 5.74) is 20.8. The van der Waals surface area contributed by atoms with Crippen molar-refractivity contribution in [3.63, 3.8) is 0 Å². The summed E-state index contributed by atoms with van der Waals surface area (Å²) in [4.78, 5) is 45.8. The molecule has 0 fully saturated rings. The lowest BCUT2D eigenvalue weighted by atomic mass is 9.98. The molecule has 10 nitrogen and oxygen atoms in total. The third kappa shape index (κ3) is 18.3. The molecule has 596 valence electrons. The Morgan fingerprint density at radius 3 is 0.832 bits per heavy atom. The van der Waals surface area contributed by atoms with Gasteiger partial charge in [-0.2, -0.15) is 0 Å². The number of para-hydroxylation sites is 2. The summed E-state index contributed by atoms with van der Waals surface area (Å²) in [6, 6.07) is 119. The van der Waals surface area contributed by atoms with Gasteiger partial charge in [-0.3, -0.25) is 0 Å². The summed E-state index contributed by atoms with van der Waals surface area (Å²) in [7, 11) is 0. The Bertz CT molecular complexity index is 8160. The largest absolute Gasteiger partial charge is 0.233 e. The first-order chi connectivity index (χ1) is 66.1. The van der Waals surface area contributed by atoms with E-state index in [2.05, 4.69) is 62.0 Å². The molecule has 0 aliphatic carbocycles. The van der Waals surface area contributed by atoms with Gasteiger partial charge in [0.25, 0.3) is 0 Å². The van der Waals surface area contributed by atoms with Crippen molar-refractivity contribution in [2.24, 2.45) is 0 Å². The van der Waals surface area contributed by atoms with Crippen LogP contribution in [0.25, 0.3) is 188 Å². The first-order valence-electron chi connectivity index (χ1n) is 46.6. The van der Waals surface area contributed by atoms with E-state index in [9.17, 15) is 0 Å². The molecule has 0 radical (unpaired) electrons. The molecule has 17 aromatic carbocycles. The van der Waals surface area contributed by atoms with Gasteiger partial charge in [-0.1, -0.05) is 388 Å². The Balaban J connectivity index is 0.000000114. The minimum atomic E-state index is 0.0135. The number of benzene rings is 17. The van der Waals surface area contributed by atoms with Crippen LogP contribution in [-0.4, -0.2) is 49.8 Å². The zero-order chi connectivity index (χ0) is 94.4. The van der Waals surface area contributed by atoms with Gasteiger partial charge in [-0.15, -0.1) is 0 Å². The van der Waals surface area contributed by atoms with Gasteiger partial charge < -0.3 is 0 Å². The minimum absolute atomic E-state index is 0.0135. The third-order valence-corrected chi connectivity index (χ3v) is 21.0. The van der Waals surface area contributed by atoms with Crippen molar-refractivity contribution in [3.8, 4) is 123 Å². The average molecular weight is 1620 g/mol. The van der Waals surface area contributed by atoms with Gasteiger partial charge in [0.05, 0.1) is 71.1 Å². The molecule has 0 N–H and O–H groups in total. The molecule has 5 aromatic heterocycles. The normalized spacial score (nSPS) is 12.2. The summed E-state index contributed by atoms with van der Waals surface area (Å²) in [5, 5.41) is 5.19. The Hall–Kier alpha value is -16.3. The van der Waals surface area contributed by atoms with Crippen molar-refractivity contribution in [1.82, 2.24) is 49.8 Å². The van der Waals surface area contributed by atoms with Crippen LogP contribution in [0.2, 0.25) is 0 Å². The molecule has 0 unspecified atom stereocenters. The summed E-state index contributed by atoms with van der Waals surface area (Å²) in [5.74, 6) is 3.06. The van der Waals surface area contributed by atoms with Crippen LogP contribution in [0.15, 0.2) is 430 Å². The lowest BCUT2D eigenvalue weighted by Crippen LogP contribution is -1.95. The Kier molecular flexibility index (Phi) is 20.0. The summed E-state index contributed by atoms with van der Waals surface area (Å²) >= 11 is 0. The first kappa shape index (κ1) is 67.5. The minimum Gasteiger partial charge on any atom is -0.233 e. The molecule has 22 rings (SSSR count). The fourth-order valence-electron chi connectivity index (χ4n) is 15.1. The summed E-state index contributed by atoms with van der Waals surface area (Å²) in [6.07, 6.45) is 0. The highest BCUT2D eigenvalue weighted by Crippen LogP contribution is 2.39. The number of hydrogen-bond donors (Lipinski definition) is 0. The molecule has 0 aliphatic heterocycles. The number of aromatic nitrogens is 10. The van der Waals surface area contributed by atoms with Crippen molar-refractivity contribution in [2.45, 2.75) is 34.6 Å². The second-order valence-corrected chi connectivity index (χ2v) is 29.7. The molecule has 10 heteroatoms. The van der Waals surface area contributed by atoms with Crippen LogP contribution in [0.5, 0.6) is 0 Å². The van der Waals surface area contributed by atoms with Gasteiger partial charge in [-0.25, -0.2) is 49.8 Å². The van der Waals surface area contributed by atoms with E-state index in [1.165, 1.54) is 0 Å². The molecule has 5 heterocycles. The average Bonchev–Trinajstić information content (AvgIpc) is 0.738. The maximum atomic E-state index is 8.89. The van der Waals surface area contributed by atoms with Gasteiger partial charge in [0.2, 0.25) is 0 Å². The third-order valence-electron chi connectivity index (χ3n) is 21.0. The van der Waals surface area contributed by atoms with Crippen molar-refractivity contribution >= 4 is 65.3 Å². The standard InChI is InChI=1S/C27H20N2.C25H18N2.3C21H16N2/c1-19-28-26-18-24(16-17-25(26)27(29-19)23-10-6-3-7-11-23)22-14-12-21(13-15-22)20-8-4-2-5-9-20;1-17-26-24-16-22(21-12-11-18-7-5-6-10-20(18)15-21)13-14-23(24)25(27-17)19-8-3-2-4-9-19;2*1-15-22-20(17-11-6-3-7-12-17)19-14-8-13-18(21(19)23-15)16-9-4-2-5-10-16;1-15-22-20-14-18(16-8-4-2-5-9-16)12-13-19(20)21(23-15)17-10-6-3-7-11-17/h2-18H,1H3;2-16H,1H3;3*2-14H,1H3/i16D,17D,18D;13D,14D,16D;14D;8D;12D,13D,14D. The molecule has 0 spiro atoms. The summed E-state index contributed by atoms with van der Waals surface area (Å²) < 4.78 is 95.1. The number of hydrogen-bond acceptors (Lipinski definition) is 10. The van der Waals surface area contributed by atoms with Gasteiger partial charge in [0, 0.05) is 65.9 Å². The van der Waals surface area contributed by atoms with Crippen molar-refractivity contribution in [2.75, 3.05) is 0 Å². The highest BCUT2D eigenvalue weighted by molar-refractivity contribution is 6.03. The van der Waals surface area contributed by atoms with E-state index in [0.29, 0.717) is 102 Å². The van der Waals surface area contributed by atoms with Crippen LogP contribution in [-0.2, 0) is 0 Å². The maximum Gasteiger partial charge on any atom is 0.126 e. The van der Waals surface area contributed by atoms with Crippen LogP contribution in [0.3, 0.4) is 0 Å². The zero-order valence-corrected chi connectivity index (χ0v) is 69.1. The molecule has 0 bridgehead atoms. The molecule has 0 amide bonds. The van der Waals surface area contributed by atoms with Gasteiger partial charge >= 0.3 is 0 Å². The zero-order valence-electron chi connectivity index (χ0n) is 80.1. The molecular formula is C115H86N10. The number of aryl methyl sites for hydroxylation is 5. The number of fused-ring (bicyclic) bond motifs is 6. The smallest absolute Gasteiger partial charge is 0.126 e. The van der Waals surface area contributed by atoms with Gasteiger partial charge in [0.15, 0.2) is 0 Å². The lowest BCUT2D eigenvalue weighted by Gasteiger charge is -2.11. The van der Waals surface area contributed by atoms with E-state index in [1.807, 2.05) is 366 Å². The number of nitrogens with zero attached hydrogens (tertiary/aromatic N) is 10. The van der Waals surface area contributed by atoms with Crippen LogP contribution in [0.1, 0.15) is 44.2 Å². The van der Waals surface area contributed by atoms with Gasteiger partial charge in [-0.05, 0) is 143 Å². The number of rotatable bonds is 11. The van der Waals surface area contributed by atoms with Crippen LogP contribution in [0.4, 0.5) is 0 Å². The highest BCUT2D eigenvalue weighted by Gasteiger charge is 2.18. The topological polar surface area (TPSA) is 129 Å². The van der Waals surface area contributed by atoms with E-state index < -0.39 is 0 Å². The van der Waals surface area contributed by atoms with Crippen molar-refractivity contribution in [1.29, 1.82) is 0 Å². The van der Waals surface area contributed by atoms with E-state index >= 15 is 0 Å². The Morgan fingerprint density at radius 1 is 0.176 bits per heavy atom. The Morgan fingerprint density at radius 2 is 0.448 bits per heavy atom. The lowest BCUT2D eigenvalue weighted by molar-refractivity contribution is 1.10.